The van der Waals surface area contributed by atoms with E-state index in [1.54, 1.807) is 0 Å². The lowest BCUT2D eigenvalue weighted by molar-refractivity contribution is 0.0993. The highest BCUT2D eigenvalue weighted by atomic mass is 16.1. The zero-order chi connectivity index (χ0) is 15.4. The Hall–Kier alpha value is -2.67. The molecule has 1 nitrogen and oxygen atoms in total. The molecule has 3 aromatic carbocycles. The van der Waals surface area contributed by atoms with Crippen LogP contribution in [0.3, 0.4) is 0 Å². The Bertz CT molecular complexity index is 771. The van der Waals surface area contributed by atoms with Gasteiger partial charge in [-0.2, -0.15) is 0 Å². The van der Waals surface area contributed by atoms with Gasteiger partial charge in [0.2, 0.25) is 0 Å². The maximum Gasteiger partial charge on any atom is 0.167 e. The second kappa shape index (κ2) is 6.40. The van der Waals surface area contributed by atoms with E-state index in [4.69, 9.17) is 0 Å². The van der Waals surface area contributed by atoms with Crippen LogP contribution in [0.25, 0.3) is 11.1 Å². The van der Waals surface area contributed by atoms with Crippen LogP contribution < -0.4 is 0 Å². The zero-order valence-corrected chi connectivity index (χ0v) is 12.6. The Morgan fingerprint density at radius 2 is 1.50 bits per heavy atom. The number of carbonyl (C=O) groups excluding carboxylic acids is 1. The molecule has 0 saturated carbocycles. The lowest BCUT2D eigenvalue weighted by Gasteiger charge is -2.05. The van der Waals surface area contributed by atoms with Gasteiger partial charge in [0.25, 0.3) is 0 Å². The van der Waals surface area contributed by atoms with Crippen LogP contribution in [0.1, 0.15) is 21.5 Å². The van der Waals surface area contributed by atoms with Gasteiger partial charge in [-0.3, -0.25) is 4.79 Å². The number of hydrogen-bond donors (Lipinski definition) is 0. The summed E-state index contributed by atoms with van der Waals surface area (Å²) in [6, 6.07) is 26.1. The Balaban J connectivity index is 1.76. The van der Waals surface area contributed by atoms with Crippen LogP contribution in [-0.4, -0.2) is 5.78 Å². The van der Waals surface area contributed by atoms with Gasteiger partial charge in [0.15, 0.2) is 5.78 Å². The number of hydrogen-bond acceptors (Lipinski definition) is 1. The zero-order valence-electron chi connectivity index (χ0n) is 12.6. The van der Waals surface area contributed by atoms with Crippen molar-refractivity contribution < 1.29 is 4.79 Å². The van der Waals surface area contributed by atoms with Crippen molar-refractivity contribution in [3.05, 3.63) is 95.6 Å². The van der Waals surface area contributed by atoms with E-state index < -0.39 is 0 Å². The Morgan fingerprint density at radius 3 is 2.18 bits per heavy atom. The summed E-state index contributed by atoms with van der Waals surface area (Å²) in [5.41, 5.74) is 5.46. The molecule has 3 aromatic rings. The molecule has 0 N–H and O–H groups in total. The van der Waals surface area contributed by atoms with E-state index in [9.17, 15) is 4.79 Å². The first kappa shape index (κ1) is 14.3. The van der Waals surface area contributed by atoms with E-state index >= 15 is 0 Å². The number of aryl methyl sites for hydroxylation is 1. The average Bonchev–Trinajstić information content (AvgIpc) is 2.56. The molecule has 3 rings (SSSR count). The van der Waals surface area contributed by atoms with E-state index in [0.717, 1.165) is 11.1 Å². The number of rotatable bonds is 4. The van der Waals surface area contributed by atoms with Gasteiger partial charge in [-0.25, -0.2) is 0 Å². The van der Waals surface area contributed by atoms with Gasteiger partial charge >= 0.3 is 0 Å². The maximum absolute atomic E-state index is 12.2. The largest absolute Gasteiger partial charge is 0.294 e. The molecule has 0 fully saturated rings. The fraction of sp³-hybridized carbons (Fsp3) is 0.0952. The predicted molar refractivity (Wildman–Crippen MR) is 91.1 cm³/mol. The molecule has 0 bridgehead atoms. The third kappa shape index (κ3) is 3.32. The molecule has 0 amide bonds. The highest BCUT2D eigenvalue weighted by molar-refractivity contribution is 5.97. The van der Waals surface area contributed by atoms with Crippen molar-refractivity contribution in [2.45, 2.75) is 13.3 Å². The molecule has 0 atom stereocenters. The van der Waals surface area contributed by atoms with Crippen LogP contribution in [-0.2, 0) is 6.42 Å². The number of benzene rings is 3. The molecule has 1 heteroatoms. The van der Waals surface area contributed by atoms with Crippen LogP contribution in [0, 0.1) is 6.92 Å². The summed E-state index contributed by atoms with van der Waals surface area (Å²) in [7, 11) is 0. The minimum atomic E-state index is 0.156. The lowest BCUT2D eigenvalue weighted by atomic mass is 9.99. The molecule has 0 aliphatic heterocycles. The molecule has 22 heavy (non-hydrogen) atoms. The molecular weight excluding hydrogens is 268 g/mol. The van der Waals surface area contributed by atoms with E-state index in [1.165, 1.54) is 16.7 Å². The molecule has 0 radical (unpaired) electrons. The topological polar surface area (TPSA) is 17.1 Å². The van der Waals surface area contributed by atoms with Crippen molar-refractivity contribution in [2.75, 3.05) is 0 Å². The maximum atomic E-state index is 12.2. The SMILES string of the molecule is Cc1cccc(-c2ccc(CC(=O)c3ccccc3)cc2)c1. The van der Waals surface area contributed by atoms with Crippen LogP contribution in [0.2, 0.25) is 0 Å². The molecule has 108 valence electrons. The molecule has 0 aliphatic carbocycles. The summed E-state index contributed by atoms with van der Waals surface area (Å²) in [5, 5.41) is 0. The summed E-state index contributed by atoms with van der Waals surface area (Å²) >= 11 is 0. The predicted octanol–water partition coefficient (Wildman–Crippen LogP) is 5.09. The van der Waals surface area contributed by atoms with Crippen molar-refractivity contribution in [1.82, 2.24) is 0 Å². The molecule has 0 saturated heterocycles. The molecular formula is C21H18O. The first-order valence-corrected chi connectivity index (χ1v) is 7.46. The van der Waals surface area contributed by atoms with Crippen molar-refractivity contribution in [3.63, 3.8) is 0 Å². The number of carbonyl (C=O) groups is 1. The molecule has 0 spiro atoms. The van der Waals surface area contributed by atoms with Gasteiger partial charge in [-0.1, -0.05) is 84.4 Å². The summed E-state index contributed by atoms with van der Waals surface area (Å²) in [4.78, 5) is 12.2. The first-order chi connectivity index (χ1) is 10.7. The van der Waals surface area contributed by atoms with Crippen LogP contribution >= 0.6 is 0 Å². The highest BCUT2D eigenvalue weighted by Gasteiger charge is 2.06. The van der Waals surface area contributed by atoms with Gasteiger partial charge in [-0.05, 0) is 23.6 Å². The minimum absolute atomic E-state index is 0.156. The van der Waals surface area contributed by atoms with Crippen molar-refractivity contribution in [2.24, 2.45) is 0 Å². The summed E-state index contributed by atoms with van der Waals surface area (Å²) in [5.74, 6) is 0.156. The molecule has 0 aliphatic rings. The first-order valence-electron chi connectivity index (χ1n) is 7.46. The van der Waals surface area contributed by atoms with E-state index in [0.29, 0.717) is 6.42 Å². The molecule has 0 unspecified atom stereocenters. The van der Waals surface area contributed by atoms with Gasteiger partial charge in [0, 0.05) is 12.0 Å². The summed E-state index contributed by atoms with van der Waals surface area (Å²) < 4.78 is 0. The van der Waals surface area contributed by atoms with Crippen LogP contribution in [0.5, 0.6) is 0 Å². The Labute approximate surface area is 131 Å². The van der Waals surface area contributed by atoms with Gasteiger partial charge < -0.3 is 0 Å². The monoisotopic (exact) mass is 286 g/mol. The Morgan fingerprint density at radius 1 is 0.773 bits per heavy atom. The van der Waals surface area contributed by atoms with E-state index in [-0.39, 0.29) is 5.78 Å². The Kier molecular flexibility index (Phi) is 4.15. The van der Waals surface area contributed by atoms with Gasteiger partial charge in [0.1, 0.15) is 0 Å². The molecule has 0 heterocycles. The summed E-state index contributed by atoms with van der Waals surface area (Å²) in [6.07, 6.45) is 0.443. The lowest BCUT2D eigenvalue weighted by Crippen LogP contribution is -2.02. The minimum Gasteiger partial charge on any atom is -0.294 e. The normalized spacial score (nSPS) is 10.4. The van der Waals surface area contributed by atoms with Gasteiger partial charge in [0.05, 0.1) is 0 Å². The fourth-order valence-corrected chi connectivity index (χ4v) is 2.55. The second-order valence-corrected chi connectivity index (χ2v) is 5.53. The number of Topliss-reactive ketones (excluding diaryl/α,β-unsaturated/α-hetero) is 1. The second-order valence-electron chi connectivity index (χ2n) is 5.53. The van der Waals surface area contributed by atoms with E-state index in [1.807, 2.05) is 42.5 Å². The summed E-state index contributed by atoms with van der Waals surface area (Å²) in [6.45, 7) is 2.09. The van der Waals surface area contributed by atoms with Crippen LogP contribution in [0.15, 0.2) is 78.9 Å². The smallest absolute Gasteiger partial charge is 0.167 e. The van der Waals surface area contributed by atoms with Crippen LogP contribution in [0.4, 0.5) is 0 Å². The quantitative estimate of drug-likeness (QED) is 0.611. The van der Waals surface area contributed by atoms with Crippen molar-refractivity contribution in [1.29, 1.82) is 0 Å². The number of ketones is 1. The van der Waals surface area contributed by atoms with Crippen molar-refractivity contribution >= 4 is 5.78 Å². The van der Waals surface area contributed by atoms with E-state index in [2.05, 4.69) is 43.3 Å². The van der Waals surface area contributed by atoms with Gasteiger partial charge in [-0.15, -0.1) is 0 Å². The fourth-order valence-electron chi connectivity index (χ4n) is 2.55. The average molecular weight is 286 g/mol. The third-order valence-electron chi connectivity index (χ3n) is 3.77. The molecule has 0 aromatic heterocycles. The van der Waals surface area contributed by atoms with Crippen molar-refractivity contribution in [3.8, 4) is 11.1 Å². The highest BCUT2D eigenvalue weighted by Crippen LogP contribution is 2.21. The standard InChI is InChI=1S/C21H18O/c1-16-6-5-9-20(14-16)18-12-10-17(11-13-18)15-21(22)19-7-3-2-4-8-19/h2-14H,15H2,1H3. The third-order valence-corrected chi connectivity index (χ3v) is 3.77.